The Labute approximate surface area is 77.2 Å². The average molecular weight is 175 g/mol. The number of pyridine rings is 1. The van der Waals surface area contributed by atoms with Crippen LogP contribution in [0.5, 0.6) is 0 Å². The molecule has 0 unspecified atom stereocenters. The first kappa shape index (κ1) is 8.10. The Morgan fingerprint density at radius 3 is 2.85 bits per heavy atom. The van der Waals surface area contributed by atoms with E-state index in [0.29, 0.717) is 5.92 Å². The number of hydrogen-bond donors (Lipinski definition) is 1. The molecule has 0 aliphatic heterocycles. The van der Waals surface area contributed by atoms with E-state index in [4.69, 9.17) is 5.73 Å². The lowest BCUT2D eigenvalue weighted by atomic mass is 10.2. The maximum absolute atomic E-state index is 5.86. The molecule has 0 saturated carbocycles. The van der Waals surface area contributed by atoms with Crippen LogP contribution in [0.25, 0.3) is 5.52 Å². The number of nitrogens with zero attached hydrogens (tertiary/aromatic N) is 2. The highest BCUT2D eigenvalue weighted by molar-refractivity contribution is 5.53. The van der Waals surface area contributed by atoms with Crippen molar-refractivity contribution in [3.05, 3.63) is 30.2 Å². The SMILES string of the molecule is CC(C)c1ncc2cccc(N)n12. The second-order valence-electron chi connectivity index (χ2n) is 3.48. The van der Waals surface area contributed by atoms with Crippen LogP contribution in [0.2, 0.25) is 0 Å². The van der Waals surface area contributed by atoms with Crippen LogP contribution in [0.15, 0.2) is 24.4 Å². The van der Waals surface area contributed by atoms with Gasteiger partial charge < -0.3 is 5.73 Å². The van der Waals surface area contributed by atoms with E-state index in [2.05, 4.69) is 18.8 Å². The van der Waals surface area contributed by atoms with E-state index in [-0.39, 0.29) is 0 Å². The molecule has 0 fully saturated rings. The van der Waals surface area contributed by atoms with Crippen LogP contribution in [0.1, 0.15) is 25.6 Å². The van der Waals surface area contributed by atoms with Crippen molar-refractivity contribution in [2.75, 3.05) is 5.73 Å². The minimum absolute atomic E-state index is 0.396. The number of aromatic nitrogens is 2. The Kier molecular flexibility index (Phi) is 1.72. The molecule has 0 atom stereocenters. The summed E-state index contributed by atoms with van der Waals surface area (Å²) in [5.41, 5.74) is 6.92. The fourth-order valence-corrected chi connectivity index (χ4v) is 1.51. The van der Waals surface area contributed by atoms with Crippen molar-refractivity contribution in [3.8, 4) is 0 Å². The Morgan fingerprint density at radius 2 is 2.15 bits per heavy atom. The zero-order valence-corrected chi connectivity index (χ0v) is 7.86. The molecule has 2 aromatic heterocycles. The normalized spacial score (nSPS) is 11.3. The predicted octanol–water partition coefficient (Wildman–Crippen LogP) is 2.04. The third kappa shape index (κ3) is 1.16. The first-order valence-electron chi connectivity index (χ1n) is 4.42. The molecule has 0 aromatic carbocycles. The van der Waals surface area contributed by atoms with Gasteiger partial charge in [-0.2, -0.15) is 0 Å². The number of imidazole rings is 1. The highest BCUT2D eigenvalue weighted by Gasteiger charge is 2.08. The molecule has 2 aromatic rings. The Balaban J connectivity index is 2.79. The van der Waals surface area contributed by atoms with Gasteiger partial charge in [-0.25, -0.2) is 4.98 Å². The number of nitrogen functional groups attached to an aromatic ring is 1. The molecule has 68 valence electrons. The lowest BCUT2D eigenvalue weighted by molar-refractivity contribution is 0.773. The van der Waals surface area contributed by atoms with Crippen LogP contribution in [0, 0.1) is 0 Å². The highest BCUT2D eigenvalue weighted by atomic mass is 15.1. The van der Waals surface area contributed by atoms with Gasteiger partial charge in [-0.05, 0) is 12.1 Å². The lowest BCUT2D eigenvalue weighted by Gasteiger charge is -2.06. The molecule has 0 amide bonds. The molecule has 3 heteroatoms. The van der Waals surface area contributed by atoms with Gasteiger partial charge in [0.25, 0.3) is 0 Å². The van der Waals surface area contributed by atoms with Crippen LogP contribution < -0.4 is 5.73 Å². The van der Waals surface area contributed by atoms with Crippen molar-refractivity contribution in [2.45, 2.75) is 19.8 Å². The monoisotopic (exact) mass is 175 g/mol. The van der Waals surface area contributed by atoms with Gasteiger partial charge in [0.15, 0.2) is 0 Å². The standard InChI is InChI=1S/C10H13N3/c1-7(2)10-12-6-8-4-3-5-9(11)13(8)10/h3-7H,11H2,1-2H3. The summed E-state index contributed by atoms with van der Waals surface area (Å²) >= 11 is 0. The summed E-state index contributed by atoms with van der Waals surface area (Å²) in [6.07, 6.45) is 1.85. The molecular weight excluding hydrogens is 162 g/mol. The van der Waals surface area contributed by atoms with E-state index in [1.807, 2.05) is 28.8 Å². The largest absolute Gasteiger partial charge is 0.385 e. The second-order valence-corrected chi connectivity index (χ2v) is 3.48. The van der Waals surface area contributed by atoms with Gasteiger partial charge in [0, 0.05) is 5.92 Å². The number of fused-ring (bicyclic) bond motifs is 1. The van der Waals surface area contributed by atoms with Crippen LogP contribution in [-0.4, -0.2) is 9.38 Å². The Hall–Kier alpha value is -1.51. The molecule has 2 N–H and O–H groups in total. The molecule has 2 heterocycles. The molecule has 0 spiro atoms. The second kappa shape index (κ2) is 2.76. The molecule has 2 rings (SSSR count). The first-order chi connectivity index (χ1) is 6.20. The third-order valence-electron chi connectivity index (χ3n) is 2.12. The van der Waals surface area contributed by atoms with E-state index in [9.17, 15) is 0 Å². The Morgan fingerprint density at radius 1 is 1.38 bits per heavy atom. The van der Waals surface area contributed by atoms with E-state index in [1.165, 1.54) is 0 Å². The lowest BCUT2D eigenvalue weighted by Crippen LogP contribution is -2.02. The molecular formula is C10H13N3. The zero-order chi connectivity index (χ0) is 9.42. The fourth-order valence-electron chi connectivity index (χ4n) is 1.51. The topological polar surface area (TPSA) is 43.3 Å². The van der Waals surface area contributed by atoms with Crippen molar-refractivity contribution < 1.29 is 0 Å². The molecule has 0 saturated heterocycles. The minimum Gasteiger partial charge on any atom is -0.385 e. The summed E-state index contributed by atoms with van der Waals surface area (Å²) in [6.45, 7) is 4.22. The Bertz CT molecular complexity index is 429. The summed E-state index contributed by atoms with van der Waals surface area (Å²) in [4.78, 5) is 4.34. The summed E-state index contributed by atoms with van der Waals surface area (Å²) in [7, 11) is 0. The van der Waals surface area contributed by atoms with Crippen LogP contribution >= 0.6 is 0 Å². The third-order valence-corrected chi connectivity index (χ3v) is 2.12. The van der Waals surface area contributed by atoms with Crippen LogP contribution in [0.3, 0.4) is 0 Å². The maximum atomic E-state index is 5.86. The van der Waals surface area contributed by atoms with E-state index < -0.39 is 0 Å². The maximum Gasteiger partial charge on any atom is 0.117 e. The van der Waals surface area contributed by atoms with Crippen molar-refractivity contribution >= 4 is 11.3 Å². The van der Waals surface area contributed by atoms with Gasteiger partial charge in [-0.15, -0.1) is 0 Å². The minimum atomic E-state index is 0.396. The fraction of sp³-hybridized carbons (Fsp3) is 0.300. The van der Waals surface area contributed by atoms with Crippen molar-refractivity contribution in [1.82, 2.24) is 9.38 Å². The quantitative estimate of drug-likeness (QED) is 0.720. The molecule has 3 nitrogen and oxygen atoms in total. The number of anilines is 1. The van der Waals surface area contributed by atoms with Crippen molar-refractivity contribution in [1.29, 1.82) is 0 Å². The van der Waals surface area contributed by atoms with Gasteiger partial charge >= 0.3 is 0 Å². The molecule has 13 heavy (non-hydrogen) atoms. The van der Waals surface area contributed by atoms with Gasteiger partial charge in [0.05, 0.1) is 11.7 Å². The smallest absolute Gasteiger partial charge is 0.117 e. The van der Waals surface area contributed by atoms with E-state index in [1.54, 1.807) is 0 Å². The summed E-state index contributed by atoms with van der Waals surface area (Å²) in [6, 6.07) is 5.84. The molecule has 0 bridgehead atoms. The van der Waals surface area contributed by atoms with Crippen molar-refractivity contribution in [2.24, 2.45) is 0 Å². The number of hydrogen-bond acceptors (Lipinski definition) is 2. The summed E-state index contributed by atoms with van der Waals surface area (Å²) < 4.78 is 1.99. The average Bonchev–Trinajstić information content (AvgIpc) is 2.49. The number of nitrogens with two attached hydrogens (primary N) is 1. The number of rotatable bonds is 1. The highest BCUT2D eigenvalue weighted by Crippen LogP contribution is 2.18. The molecule has 0 aliphatic carbocycles. The molecule has 0 aliphatic rings. The van der Waals surface area contributed by atoms with Crippen LogP contribution in [0.4, 0.5) is 5.82 Å². The van der Waals surface area contributed by atoms with Crippen LogP contribution in [-0.2, 0) is 0 Å². The molecule has 0 radical (unpaired) electrons. The first-order valence-corrected chi connectivity index (χ1v) is 4.42. The van der Waals surface area contributed by atoms with Gasteiger partial charge in [0.2, 0.25) is 0 Å². The van der Waals surface area contributed by atoms with Crippen molar-refractivity contribution in [3.63, 3.8) is 0 Å². The zero-order valence-electron chi connectivity index (χ0n) is 7.86. The van der Waals surface area contributed by atoms with Gasteiger partial charge in [-0.3, -0.25) is 4.40 Å². The summed E-state index contributed by atoms with van der Waals surface area (Å²) in [5.74, 6) is 2.17. The van der Waals surface area contributed by atoms with E-state index >= 15 is 0 Å². The summed E-state index contributed by atoms with van der Waals surface area (Å²) in [5, 5.41) is 0. The predicted molar refractivity (Wildman–Crippen MR) is 53.7 cm³/mol. The van der Waals surface area contributed by atoms with E-state index in [0.717, 1.165) is 17.2 Å². The van der Waals surface area contributed by atoms with Gasteiger partial charge in [0.1, 0.15) is 11.6 Å². The van der Waals surface area contributed by atoms with Gasteiger partial charge in [-0.1, -0.05) is 19.9 Å².